The van der Waals surface area contributed by atoms with E-state index in [-0.39, 0.29) is 6.10 Å². The first-order valence-corrected chi connectivity index (χ1v) is 14.1. The Morgan fingerprint density at radius 2 is 1.61 bits per heavy atom. The Morgan fingerprint density at radius 1 is 1.11 bits per heavy atom. The van der Waals surface area contributed by atoms with E-state index in [0.29, 0.717) is 5.41 Å². The molecule has 0 N–H and O–H groups in total. The summed E-state index contributed by atoms with van der Waals surface area (Å²) in [6, 6.07) is 7.40. The standard InChI is InChI=1S/C23H39Cl2NOSi/c1-8-28(9-2,10-3)27-21(22-19(24)11-17(4)12-20(22)25)16-26(7)15-18-13-23(5,6)14-18/h11-12,18,21H,8-10,13-16H2,1-7H3. The lowest BCUT2D eigenvalue weighted by Crippen LogP contribution is -2.43. The molecule has 0 heterocycles. The summed E-state index contributed by atoms with van der Waals surface area (Å²) in [6.45, 7) is 15.5. The van der Waals surface area contributed by atoms with Crippen molar-refractivity contribution in [3.8, 4) is 0 Å². The van der Waals surface area contributed by atoms with E-state index in [2.05, 4.69) is 46.6 Å². The Kier molecular flexibility index (Phi) is 8.50. The molecule has 160 valence electrons. The fourth-order valence-electron chi connectivity index (χ4n) is 4.94. The molecule has 2 nitrogen and oxygen atoms in total. The normalized spacial score (nSPS) is 18.4. The van der Waals surface area contributed by atoms with Gasteiger partial charge in [-0.2, -0.15) is 0 Å². The maximum atomic E-state index is 6.95. The van der Waals surface area contributed by atoms with E-state index in [4.69, 9.17) is 27.6 Å². The summed E-state index contributed by atoms with van der Waals surface area (Å²) in [7, 11) is 0.422. The summed E-state index contributed by atoms with van der Waals surface area (Å²) >= 11 is 13.4. The lowest BCUT2D eigenvalue weighted by molar-refractivity contribution is 0.0529. The van der Waals surface area contributed by atoms with Crippen molar-refractivity contribution >= 4 is 31.5 Å². The number of nitrogens with zero attached hydrogens (tertiary/aromatic N) is 1. The van der Waals surface area contributed by atoms with E-state index in [1.165, 1.54) is 12.8 Å². The van der Waals surface area contributed by atoms with Crippen molar-refractivity contribution in [2.45, 2.75) is 78.6 Å². The molecule has 0 radical (unpaired) electrons. The second-order valence-corrected chi connectivity index (χ2v) is 15.2. The van der Waals surface area contributed by atoms with E-state index in [1.807, 2.05) is 19.1 Å². The Hall–Kier alpha value is -0.0631. The molecule has 1 fully saturated rings. The third-order valence-electron chi connectivity index (χ3n) is 6.60. The van der Waals surface area contributed by atoms with Gasteiger partial charge in [0.15, 0.2) is 8.32 Å². The molecule has 28 heavy (non-hydrogen) atoms. The van der Waals surface area contributed by atoms with Crippen LogP contribution in [0.25, 0.3) is 0 Å². The predicted molar refractivity (Wildman–Crippen MR) is 126 cm³/mol. The van der Waals surface area contributed by atoms with Gasteiger partial charge in [-0.1, -0.05) is 57.8 Å². The first kappa shape index (κ1) is 24.2. The third-order valence-corrected chi connectivity index (χ3v) is 11.9. The van der Waals surface area contributed by atoms with E-state index in [0.717, 1.165) is 58.3 Å². The Morgan fingerprint density at radius 3 is 2.04 bits per heavy atom. The highest BCUT2D eigenvalue weighted by Gasteiger charge is 2.38. The second kappa shape index (κ2) is 9.83. The van der Waals surface area contributed by atoms with Crippen LogP contribution in [-0.4, -0.2) is 33.4 Å². The lowest BCUT2D eigenvalue weighted by atomic mass is 9.64. The minimum Gasteiger partial charge on any atom is -0.409 e. The van der Waals surface area contributed by atoms with Gasteiger partial charge < -0.3 is 9.33 Å². The summed E-state index contributed by atoms with van der Waals surface area (Å²) < 4.78 is 6.95. The molecule has 1 unspecified atom stereocenters. The molecule has 1 aliphatic rings. The molecule has 1 aromatic rings. The van der Waals surface area contributed by atoms with Crippen LogP contribution in [0.1, 0.15) is 64.7 Å². The molecule has 0 aliphatic heterocycles. The Bertz CT molecular complexity index is 621. The van der Waals surface area contributed by atoms with E-state index >= 15 is 0 Å². The van der Waals surface area contributed by atoms with Gasteiger partial charge in [0.2, 0.25) is 0 Å². The van der Waals surface area contributed by atoms with E-state index in [9.17, 15) is 0 Å². The van der Waals surface area contributed by atoms with Crippen molar-refractivity contribution < 1.29 is 4.43 Å². The van der Waals surface area contributed by atoms with E-state index < -0.39 is 8.32 Å². The highest BCUT2D eigenvalue weighted by molar-refractivity contribution is 6.73. The molecule has 0 amide bonds. The maximum Gasteiger partial charge on any atom is 0.192 e. The van der Waals surface area contributed by atoms with Crippen LogP contribution < -0.4 is 0 Å². The van der Waals surface area contributed by atoms with Crippen LogP contribution >= 0.6 is 23.2 Å². The molecule has 0 saturated heterocycles. The number of hydrogen-bond donors (Lipinski definition) is 0. The van der Waals surface area contributed by atoms with Crippen LogP contribution in [0.4, 0.5) is 0 Å². The number of benzene rings is 1. The average molecular weight is 445 g/mol. The monoisotopic (exact) mass is 443 g/mol. The van der Waals surface area contributed by atoms with Gasteiger partial charge in [-0.3, -0.25) is 0 Å². The molecule has 1 aromatic carbocycles. The number of likely N-dealkylation sites (N-methyl/N-ethyl adjacent to an activating group) is 1. The largest absolute Gasteiger partial charge is 0.409 e. The van der Waals surface area contributed by atoms with Crippen LogP contribution in [-0.2, 0) is 4.43 Å². The number of rotatable bonds is 10. The molecule has 1 aliphatic carbocycles. The summed E-state index contributed by atoms with van der Waals surface area (Å²) in [5, 5.41) is 1.47. The zero-order chi connectivity index (χ0) is 21.1. The van der Waals surface area contributed by atoms with Gasteiger partial charge in [0.05, 0.1) is 6.10 Å². The highest BCUT2D eigenvalue weighted by Crippen LogP contribution is 2.45. The number of hydrogen-bond acceptors (Lipinski definition) is 2. The smallest absolute Gasteiger partial charge is 0.192 e. The van der Waals surface area contributed by atoms with Crippen molar-refractivity contribution in [3.63, 3.8) is 0 Å². The van der Waals surface area contributed by atoms with Gasteiger partial charge in [-0.05, 0) is 74.0 Å². The van der Waals surface area contributed by atoms with Gasteiger partial charge >= 0.3 is 0 Å². The molecule has 5 heteroatoms. The van der Waals surface area contributed by atoms with Gasteiger partial charge in [-0.25, -0.2) is 0 Å². The molecule has 0 bridgehead atoms. The molecule has 1 saturated carbocycles. The lowest BCUT2D eigenvalue weighted by Gasteiger charge is -2.45. The van der Waals surface area contributed by atoms with Crippen LogP contribution in [0.5, 0.6) is 0 Å². The van der Waals surface area contributed by atoms with Crippen LogP contribution in [0, 0.1) is 18.3 Å². The summed E-state index contributed by atoms with van der Waals surface area (Å²) in [5.41, 5.74) is 2.58. The highest BCUT2D eigenvalue weighted by atomic mass is 35.5. The second-order valence-electron chi connectivity index (χ2n) is 9.65. The van der Waals surface area contributed by atoms with Crippen molar-refractivity contribution in [1.82, 2.24) is 4.90 Å². The molecular weight excluding hydrogens is 405 g/mol. The molecule has 2 rings (SSSR count). The summed E-state index contributed by atoms with van der Waals surface area (Å²) in [6.07, 6.45) is 2.56. The number of halogens is 2. The van der Waals surface area contributed by atoms with Crippen molar-refractivity contribution in [1.29, 1.82) is 0 Å². The van der Waals surface area contributed by atoms with Crippen LogP contribution in [0.2, 0.25) is 28.2 Å². The zero-order valence-corrected chi connectivity index (χ0v) is 21.4. The SMILES string of the molecule is CC[Si](CC)(CC)OC(CN(C)CC1CC(C)(C)C1)c1c(Cl)cc(C)cc1Cl. The van der Waals surface area contributed by atoms with Crippen molar-refractivity contribution in [3.05, 3.63) is 33.3 Å². The molecule has 0 spiro atoms. The Balaban J connectivity index is 2.24. The van der Waals surface area contributed by atoms with Crippen molar-refractivity contribution in [2.75, 3.05) is 20.1 Å². The van der Waals surface area contributed by atoms with E-state index in [1.54, 1.807) is 0 Å². The topological polar surface area (TPSA) is 12.5 Å². The zero-order valence-electron chi connectivity index (χ0n) is 18.9. The first-order valence-electron chi connectivity index (χ1n) is 10.9. The first-order chi connectivity index (χ1) is 13.0. The minimum atomic E-state index is -1.79. The molecule has 1 atom stereocenters. The minimum absolute atomic E-state index is 0.0646. The summed E-state index contributed by atoms with van der Waals surface area (Å²) in [5.74, 6) is 0.787. The van der Waals surface area contributed by atoms with Crippen LogP contribution in [0.15, 0.2) is 12.1 Å². The fraction of sp³-hybridized carbons (Fsp3) is 0.739. The Labute approximate surface area is 184 Å². The molecular formula is C23H39Cl2NOSi. The maximum absolute atomic E-state index is 6.95. The molecule has 0 aromatic heterocycles. The van der Waals surface area contributed by atoms with Gasteiger partial charge in [0.1, 0.15) is 0 Å². The predicted octanol–water partition coefficient (Wildman–Crippen LogP) is 7.73. The van der Waals surface area contributed by atoms with Gasteiger partial charge in [-0.15, -0.1) is 0 Å². The van der Waals surface area contributed by atoms with Crippen molar-refractivity contribution in [2.24, 2.45) is 11.3 Å². The summed E-state index contributed by atoms with van der Waals surface area (Å²) in [4.78, 5) is 2.43. The fourth-order valence-corrected chi connectivity index (χ4v) is 8.57. The third kappa shape index (κ3) is 5.98. The van der Waals surface area contributed by atoms with Crippen LogP contribution in [0.3, 0.4) is 0 Å². The van der Waals surface area contributed by atoms with Gasteiger partial charge in [0, 0.05) is 28.7 Å². The quantitative estimate of drug-likeness (QED) is 0.342. The van der Waals surface area contributed by atoms with Gasteiger partial charge in [0.25, 0.3) is 0 Å². The number of aryl methyl sites for hydroxylation is 1. The average Bonchev–Trinajstić information content (AvgIpc) is 2.57.